The van der Waals surface area contributed by atoms with Crippen LogP contribution < -0.4 is 25.6 Å². The Hall–Kier alpha value is -7.28. The SMILES string of the molecule is CC1(C)c2ccc([Si](c3ccccc3)(c3ccccc3)c3ccc4c5ccccc5n5ccnc5c4c3)cc2N(c2ccccn2)c2c1ccc1c2oc2ccccc21. The molecule has 0 fully saturated rings. The molecule has 0 bridgehead atoms. The zero-order valence-corrected chi connectivity index (χ0v) is 33.7. The van der Waals surface area contributed by atoms with Gasteiger partial charge in [-0.3, -0.25) is 9.30 Å². The highest BCUT2D eigenvalue weighted by Crippen LogP contribution is 2.54. The minimum atomic E-state index is -3.07. The van der Waals surface area contributed by atoms with Gasteiger partial charge >= 0.3 is 0 Å². The van der Waals surface area contributed by atoms with Gasteiger partial charge in [0.25, 0.3) is 0 Å². The number of pyridine rings is 2. The maximum atomic E-state index is 6.85. The maximum Gasteiger partial charge on any atom is 0.179 e. The van der Waals surface area contributed by atoms with Gasteiger partial charge in [0.15, 0.2) is 13.7 Å². The van der Waals surface area contributed by atoms with E-state index in [1.54, 1.807) is 0 Å². The first-order chi connectivity index (χ1) is 29.0. The Labute approximate surface area is 342 Å². The second kappa shape index (κ2) is 12.6. The first-order valence-corrected chi connectivity index (χ1v) is 22.2. The van der Waals surface area contributed by atoms with Gasteiger partial charge in [0.2, 0.25) is 0 Å². The maximum absolute atomic E-state index is 6.85. The summed E-state index contributed by atoms with van der Waals surface area (Å²) in [6, 6.07) is 64.6. The molecule has 6 heteroatoms. The van der Waals surface area contributed by atoms with Crippen molar-refractivity contribution in [3.63, 3.8) is 0 Å². The number of benzene rings is 7. The van der Waals surface area contributed by atoms with Crippen LogP contribution in [0.3, 0.4) is 0 Å². The van der Waals surface area contributed by atoms with Gasteiger partial charge in [0.1, 0.15) is 17.0 Å². The Morgan fingerprint density at radius 2 is 1.17 bits per heavy atom. The third-order valence-electron chi connectivity index (χ3n) is 12.8. The summed E-state index contributed by atoms with van der Waals surface area (Å²) in [6.07, 6.45) is 5.89. The molecule has 1 aliphatic heterocycles. The molecule has 0 spiro atoms. The summed E-state index contributed by atoms with van der Waals surface area (Å²) in [5, 5.41) is 11.0. The summed E-state index contributed by atoms with van der Waals surface area (Å²) in [6.45, 7) is 4.69. The summed E-state index contributed by atoms with van der Waals surface area (Å²) in [5.74, 6) is 0.849. The summed E-state index contributed by atoms with van der Waals surface area (Å²) in [4.78, 5) is 12.4. The highest BCUT2D eigenvalue weighted by atomic mass is 28.3. The molecular weight excluding hydrogens is 737 g/mol. The van der Waals surface area contributed by atoms with E-state index in [0.29, 0.717) is 0 Å². The van der Waals surface area contributed by atoms with Crippen molar-refractivity contribution in [1.29, 1.82) is 0 Å². The molecule has 11 aromatic rings. The molecule has 0 N–H and O–H groups in total. The van der Waals surface area contributed by atoms with Crippen LogP contribution in [0.25, 0.3) is 49.3 Å². The monoisotopic (exact) mass is 774 g/mol. The number of nitrogens with zero attached hydrogens (tertiary/aromatic N) is 4. The standard InChI is InChI=1S/C53H38N4OSi/c1-53(2)44-28-25-38(34-47(44)57(49-23-13-14-30-54-49)50-45(53)29-27-42-41-20-10-12-22-48(41)58-51(42)50)59(35-15-5-3-6-16-35,36-17-7-4-8-18-36)37-24-26-39-40-19-9-11-21-46(40)56-32-31-55-52(56)43(39)33-37/h3-34H,1-2H3. The van der Waals surface area contributed by atoms with Crippen LogP contribution in [0.4, 0.5) is 17.2 Å². The lowest BCUT2D eigenvalue weighted by Crippen LogP contribution is -2.74. The number of hydrogen-bond donors (Lipinski definition) is 0. The first-order valence-electron chi connectivity index (χ1n) is 20.2. The third kappa shape index (κ3) is 4.72. The van der Waals surface area contributed by atoms with Crippen LogP contribution in [0.2, 0.25) is 0 Å². The minimum absolute atomic E-state index is 0.346. The number of hydrogen-bond acceptors (Lipinski definition) is 4. The number of para-hydroxylation sites is 2. The van der Waals surface area contributed by atoms with Gasteiger partial charge in [-0.25, -0.2) is 9.97 Å². The topological polar surface area (TPSA) is 46.6 Å². The second-order valence-corrected chi connectivity index (χ2v) is 20.0. The smallest absolute Gasteiger partial charge is 0.179 e. The highest BCUT2D eigenvalue weighted by Gasteiger charge is 2.45. The average molecular weight is 775 g/mol. The molecule has 4 aromatic heterocycles. The number of furan rings is 1. The van der Waals surface area contributed by atoms with Gasteiger partial charge in [0.05, 0.1) is 16.9 Å². The van der Waals surface area contributed by atoms with Gasteiger partial charge in [-0.05, 0) is 67.6 Å². The van der Waals surface area contributed by atoms with E-state index < -0.39 is 8.07 Å². The molecule has 0 amide bonds. The van der Waals surface area contributed by atoms with Crippen LogP contribution in [0.5, 0.6) is 0 Å². The fourth-order valence-corrected chi connectivity index (χ4v) is 14.9. The molecule has 1 aliphatic rings. The molecule has 280 valence electrons. The lowest BCUT2D eigenvalue weighted by molar-refractivity contribution is 0.623. The highest BCUT2D eigenvalue weighted by molar-refractivity contribution is 7.20. The minimum Gasteiger partial charge on any atom is -0.454 e. The zero-order chi connectivity index (χ0) is 39.3. The summed E-state index contributed by atoms with van der Waals surface area (Å²) in [7, 11) is -3.07. The Morgan fingerprint density at radius 1 is 0.508 bits per heavy atom. The van der Waals surface area contributed by atoms with E-state index in [0.717, 1.165) is 55.7 Å². The number of imidazole rings is 1. The molecule has 5 heterocycles. The van der Waals surface area contributed by atoms with Crippen molar-refractivity contribution in [2.45, 2.75) is 19.3 Å². The van der Waals surface area contributed by atoms with Crippen LogP contribution in [0.1, 0.15) is 25.0 Å². The molecule has 7 aromatic carbocycles. The molecule has 12 rings (SSSR count). The van der Waals surface area contributed by atoms with Crippen molar-refractivity contribution in [3.8, 4) is 0 Å². The largest absolute Gasteiger partial charge is 0.454 e. The molecule has 0 saturated carbocycles. The molecule has 5 nitrogen and oxygen atoms in total. The van der Waals surface area contributed by atoms with Crippen molar-refractivity contribution in [2.75, 3.05) is 4.90 Å². The molecule has 0 saturated heterocycles. The van der Waals surface area contributed by atoms with Crippen LogP contribution in [-0.4, -0.2) is 22.4 Å². The fourth-order valence-electron chi connectivity index (χ4n) is 10.2. The van der Waals surface area contributed by atoms with E-state index in [4.69, 9.17) is 14.4 Å². The van der Waals surface area contributed by atoms with E-state index in [1.807, 2.05) is 24.5 Å². The van der Waals surface area contributed by atoms with E-state index in [-0.39, 0.29) is 5.41 Å². The third-order valence-corrected chi connectivity index (χ3v) is 17.6. The van der Waals surface area contributed by atoms with E-state index >= 15 is 0 Å². The van der Waals surface area contributed by atoms with Crippen molar-refractivity contribution >= 4 is 95.3 Å². The molecule has 0 atom stereocenters. The lowest BCUT2D eigenvalue weighted by atomic mass is 9.73. The Bertz CT molecular complexity index is 3390. The molecule has 59 heavy (non-hydrogen) atoms. The second-order valence-electron chi connectivity index (χ2n) is 16.2. The lowest BCUT2D eigenvalue weighted by Gasteiger charge is -2.43. The van der Waals surface area contributed by atoms with Crippen LogP contribution in [0.15, 0.2) is 199 Å². The van der Waals surface area contributed by atoms with Crippen LogP contribution >= 0.6 is 0 Å². The van der Waals surface area contributed by atoms with Crippen molar-refractivity contribution < 1.29 is 4.42 Å². The first kappa shape index (κ1) is 33.8. The van der Waals surface area contributed by atoms with E-state index in [2.05, 4.69) is 193 Å². The quantitative estimate of drug-likeness (QED) is 0.0993. The van der Waals surface area contributed by atoms with Gasteiger partial charge in [-0.2, -0.15) is 0 Å². The van der Waals surface area contributed by atoms with E-state index in [1.165, 1.54) is 42.6 Å². The normalized spacial score (nSPS) is 13.7. The molecule has 0 radical (unpaired) electrons. The van der Waals surface area contributed by atoms with Crippen LogP contribution in [-0.2, 0) is 5.41 Å². The molecular formula is C53H38N4OSi. The predicted molar refractivity (Wildman–Crippen MR) is 246 cm³/mol. The summed E-state index contributed by atoms with van der Waals surface area (Å²) in [5.41, 5.74) is 8.11. The Balaban J connectivity index is 1.20. The van der Waals surface area contributed by atoms with Crippen molar-refractivity contribution in [1.82, 2.24) is 14.4 Å². The number of aromatic nitrogens is 3. The Morgan fingerprint density at radius 3 is 1.95 bits per heavy atom. The molecule has 0 unspecified atom stereocenters. The van der Waals surface area contributed by atoms with E-state index in [9.17, 15) is 0 Å². The van der Waals surface area contributed by atoms with Crippen molar-refractivity contribution in [3.05, 3.63) is 206 Å². The zero-order valence-electron chi connectivity index (χ0n) is 32.7. The van der Waals surface area contributed by atoms with Gasteiger partial charge in [0, 0.05) is 45.6 Å². The van der Waals surface area contributed by atoms with Gasteiger partial charge < -0.3 is 4.42 Å². The summed E-state index contributed by atoms with van der Waals surface area (Å²) < 4.78 is 9.08. The molecule has 0 aliphatic carbocycles. The predicted octanol–water partition coefficient (Wildman–Crippen LogP) is 10.4. The Kier molecular flexibility index (Phi) is 7.23. The number of rotatable bonds is 5. The fraction of sp³-hybridized carbons (Fsp3) is 0.0566. The number of anilines is 3. The van der Waals surface area contributed by atoms with Gasteiger partial charge in [-0.1, -0.05) is 159 Å². The average Bonchev–Trinajstić information content (AvgIpc) is 3.94. The van der Waals surface area contributed by atoms with Gasteiger partial charge in [-0.15, -0.1) is 0 Å². The van der Waals surface area contributed by atoms with Crippen molar-refractivity contribution in [2.24, 2.45) is 0 Å². The number of fused-ring (bicyclic) bond motifs is 12. The summed E-state index contributed by atoms with van der Waals surface area (Å²) >= 11 is 0. The van der Waals surface area contributed by atoms with Crippen LogP contribution in [0, 0.1) is 0 Å².